The lowest BCUT2D eigenvalue weighted by molar-refractivity contribution is 1.16. The van der Waals surface area contributed by atoms with Crippen LogP contribution in [-0.2, 0) is 0 Å². The molecule has 0 spiro atoms. The largest absolute Gasteiger partial charge is 0.309 e. The van der Waals surface area contributed by atoms with Crippen molar-refractivity contribution in [2.45, 2.75) is 0 Å². The quantitative estimate of drug-likeness (QED) is 0.153. The normalized spacial score (nSPS) is 11.5. The molecule has 3 heterocycles. The van der Waals surface area contributed by atoms with Crippen LogP contribution in [0.1, 0.15) is 0 Å². The Morgan fingerprint density at radius 2 is 0.676 bits per heavy atom. The van der Waals surface area contributed by atoms with Crippen LogP contribution in [0.15, 0.2) is 255 Å². The summed E-state index contributed by atoms with van der Waals surface area (Å²) in [6.45, 7) is 0. The van der Waals surface area contributed by atoms with Crippen molar-refractivity contribution in [2.75, 3.05) is 0 Å². The zero-order chi connectivity index (χ0) is 45.0. The van der Waals surface area contributed by atoms with Crippen LogP contribution >= 0.6 is 0 Å². The van der Waals surface area contributed by atoms with E-state index in [9.17, 15) is 0 Å². The average Bonchev–Trinajstić information content (AvgIpc) is 3.94. The highest BCUT2D eigenvalue weighted by Crippen LogP contribution is 2.40. The lowest BCUT2D eigenvalue weighted by Gasteiger charge is -2.14. The fourth-order valence-corrected chi connectivity index (χ4v) is 10.1. The standard InChI is InChI=1S/C64H42N4/c1-5-18-43(19-6-1)50-36-51(44-20-7-2-8-21-44)39-53(38-50)68-60-30-15-13-28-54(60)56-34-32-48(41-63(56)68)47-33-35-62-57(40-47)55-29-14-16-31-61(55)67(62)52-27-17-26-49(37-52)59-42-58(45-22-9-3-10-23-45)65-64(66-59)46-24-11-4-12-25-46/h1-42H. The molecular formula is C64H42N4. The second kappa shape index (κ2) is 16.4. The number of aromatic nitrogens is 4. The molecule has 0 N–H and O–H groups in total. The minimum absolute atomic E-state index is 0.702. The van der Waals surface area contributed by atoms with Gasteiger partial charge in [-0.05, 0) is 100 Å². The Labute approximate surface area is 394 Å². The van der Waals surface area contributed by atoms with E-state index in [1.807, 2.05) is 24.3 Å². The van der Waals surface area contributed by atoms with Crippen LogP contribution in [0.2, 0.25) is 0 Å². The molecule has 0 aliphatic heterocycles. The molecule has 0 aliphatic carbocycles. The van der Waals surface area contributed by atoms with Gasteiger partial charge in [0.05, 0.1) is 33.5 Å². The Kier molecular flexibility index (Phi) is 9.47. The predicted molar refractivity (Wildman–Crippen MR) is 283 cm³/mol. The molecule has 0 saturated carbocycles. The van der Waals surface area contributed by atoms with E-state index in [0.29, 0.717) is 5.82 Å². The van der Waals surface area contributed by atoms with Gasteiger partial charge in [-0.25, -0.2) is 9.97 Å². The molecule has 4 nitrogen and oxygen atoms in total. The lowest BCUT2D eigenvalue weighted by Crippen LogP contribution is -1.97. The second-order valence-corrected chi connectivity index (χ2v) is 17.4. The van der Waals surface area contributed by atoms with Crippen molar-refractivity contribution in [2.24, 2.45) is 0 Å². The van der Waals surface area contributed by atoms with E-state index in [0.717, 1.165) is 56.0 Å². The summed E-state index contributed by atoms with van der Waals surface area (Å²) in [7, 11) is 0. The third-order valence-electron chi connectivity index (χ3n) is 13.3. The van der Waals surface area contributed by atoms with Gasteiger partial charge in [-0.3, -0.25) is 0 Å². The van der Waals surface area contributed by atoms with Crippen LogP contribution in [0.25, 0.3) is 122 Å². The van der Waals surface area contributed by atoms with Crippen LogP contribution in [0.4, 0.5) is 0 Å². The van der Waals surface area contributed by atoms with Gasteiger partial charge in [0.25, 0.3) is 0 Å². The van der Waals surface area contributed by atoms with Crippen LogP contribution in [0.3, 0.4) is 0 Å². The molecule has 3 aromatic heterocycles. The van der Waals surface area contributed by atoms with Gasteiger partial charge in [0.1, 0.15) is 0 Å². The zero-order valence-electron chi connectivity index (χ0n) is 37.0. The molecule has 0 atom stereocenters. The molecular weight excluding hydrogens is 825 g/mol. The Morgan fingerprint density at radius 1 is 0.221 bits per heavy atom. The molecule has 0 unspecified atom stereocenters. The van der Waals surface area contributed by atoms with E-state index in [1.54, 1.807) is 0 Å². The van der Waals surface area contributed by atoms with Gasteiger partial charge >= 0.3 is 0 Å². The minimum Gasteiger partial charge on any atom is -0.309 e. The molecule has 10 aromatic carbocycles. The van der Waals surface area contributed by atoms with Gasteiger partial charge in [-0.1, -0.05) is 188 Å². The lowest BCUT2D eigenvalue weighted by atomic mass is 9.98. The summed E-state index contributed by atoms with van der Waals surface area (Å²) in [5.74, 6) is 0.702. The van der Waals surface area contributed by atoms with Gasteiger partial charge < -0.3 is 9.13 Å². The molecule has 0 radical (unpaired) electrons. The van der Waals surface area contributed by atoms with Crippen molar-refractivity contribution in [1.82, 2.24) is 19.1 Å². The second-order valence-electron chi connectivity index (χ2n) is 17.4. The summed E-state index contributed by atoms with van der Waals surface area (Å²) in [5, 5.41) is 4.86. The van der Waals surface area contributed by atoms with Crippen molar-refractivity contribution < 1.29 is 0 Å². The van der Waals surface area contributed by atoms with Crippen LogP contribution in [-0.4, -0.2) is 19.1 Å². The van der Waals surface area contributed by atoms with Crippen molar-refractivity contribution in [1.29, 1.82) is 0 Å². The highest BCUT2D eigenvalue weighted by Gasteiger charge is 2.19. The number of hydrogen-bond donors (Lipinski definition) is 0. The number of rotatable bonds is 8. The smallest absolute Gasteiger partial charge is 0.160 e. The highest BCUT2D eigenvalue weighted by atomic mass is 15.0. The van der Waals surface area contributed by atoms with Crippen LogP contribution < -0.4 is 0 Å². The summed E-state index contributed by atoms with van der Waals surface area (Å²) in [6, 6.07) is 91.3. The number of hydrogen-bond acceptors (Lipinski definition) is 2. The maximum absolute atomic E-state index is 5.17. The highest BCUT2D eigenvalue weighted by molar-refractivity contribution is 6.12. The molecule has 0 saturated heterocycles. The number of fused-ring (bicyclic) bond motifs is 6. The van der Waals surface area contributed by atoms with Crippen LogP contribution in [0, 0.1) is 0 Å². The minimum atomic E-state index is 0.702. The van der Waals surface area contributed by atoms with E-state index in [1.165, 1.54) is 60.4 Å². The molecule has 318 valence electrons. The fraction of sp³-hybridized carbons (Fsp3) is 0. The summed E-state index contributed by atoms with van der Waals surface area (Å²) in [6.07, 6.45) is 0. The van der Waals surface area contributed by atoms with E-state index in [2.05, 4.69) is 240 Å². The third kappa shape index (κ3) is 6.86. The van der Waals surface area contributed by atoms with E-state index in [-0.39, 0.29) is 0 Å². The van der Waals surface area contributed by atoms with Gasteiger partial charge in [0, 0.05) is 49.6 Å². The summed E-state index contributed by atoms with van der Waals surface area (Å²) in [5.41, 5.74) is 18.7. The number of nitrogens with zero attached hydrogens (tertiary/aromatic N) is 4. The molecule has 0 bridgehead atoms. The zero-order valence-corrected chi connectivity index (χ0v) is 37.0. The molecule has 13 aromatic rings. The van der Waals surface area contributed by atoms with Gasteiger partial charge in [0.15, 0.2) is 5.82 Å². The SMILES string of the molecule is c1ccc(-c2cc(-c3ccccc3)cc(-n3c4ccccc4c4ccc(-c5ccc6c(c5)c5ccccc5n6-c5cccc(-c6cc(-c7ccccc7)nc(-c7ccccc7)n6)c5)cc43)c2)cc1. The Hall–Kier alpha value is -9.12. The average molecular weight is 867 g/mol. The van der Waals surface area contributed by atoms with E-state index >= 15 is 0 Å². The fourth-order valence-electron chi connectivity index (χ4n) is 10.1. The monoisotopic (exact) mass is 866 g/mol. The molecule has 0 amide bonds. The summed E-state index contributed by atoms with van der Waals surface area (Å²) in [4.78, 5) is 10.2. The number of benzene rings is 10. The maximum Gasteiger partial charge on any atom is 0.160 e. The Morgan fingerprint density at radius 3 is 1.32 bits per heavy atom. The molecule has 4 heteroatoms. The third-order valence-corrected chi connectivity index (χ3v) is 13.3. The van der Waals surface area contributed by atoms with Crippen molar-refractivity contribution in [3.63, 3.8) is 0 Å². The summed E-state index contributed by atoms with van der Waals surface area (Å²) < 4.78 is 4.84. The number of para-hydroxylation sites is 2. The molecule has 68 heavy (non-hydrogen) atoms. The van der Waals surface area contributed by atoms with Gasteiger partial charge in [-0.2, -0.15) is 0 Å². The van der Waals surface area contributed by atoms with Gasteiger partial charge in [-0.15, -0.1) is 0 Å². The Balaban J connectivity index is 0.951. The van der Waals surface area contributed by atoms with Crippen LogP contribution in [0.5, 0.6) is 0 Å². The molecule has 13 rings (SSSR count). The first kappa shape index (κ1) is 39.3. The van der Waals surface area contributed by atoms with E-state index in [4.69, 9.17) is 9.97 Å². The van der Waals surface area contributed by atoms with Gasteiger partial charge in [0.2, 0.25) is 0 Å². The predicted octanol–water partition coefficient (Wildman–Crippen LogP) is 16.7. The first-order valence-corrected chi connectivity index (χ1v) is 23.1. The maximum atomic E-state index is 5.17. The van der Waals surface area contributed by atoms with E-state index < -0.39 is 0 Å². The summed E-state index contributed by atoms with van der Waals surface area (Å²) >= 11 is 0. The molecule has 0 fully saturated rings. The molecule has 0 aliphatic rings. The first-order chi connectivity index (χ1) is 33.7. The van der Waals surface area contributed by atoms with Crippen molar-refractivity contribution >= 4 is 43.6 Å². The Bertz CT molecular complexity index is 3890. The topological polar surface area (TPSA) is 35.6 Å². The van der Waals surface area contributed by atoms with Crippen molar-refractivity contribution in [3.8, 4) is 78.7 Å². The van der Waals surface area contributed by atoms with Crippen molar-refractivity contribution in [3.05, 3.63) is 255 Å². The first-order valence-electron chi connectivity index (χ1n) is 23.1.